The molecular formula is C18H26N2O. The maximum Gasteiger partial charge on any atom is 0.244 e. The molecule has 0 aromatic heterocycles. The topological polar surface area (TPSA) is 32.3 Å². The zero-order chi connectivity index (χ0) is 15.2. The molecule has 1 saturated carbocycles. The average Bonchev–Trinajstić information content (AvgIpc) is 3.16. The Bertz CT molecular complexity index is 548. The molecule has 1 saturated heterocycles. The normalized spacial score (nSPS) is 24.9. The van der Waals surface area contributed by atoms with E-state index in [9.17, 15) is 4.79 Å². The second-order valence-electron chi connectivity index (χ2n) is 6.98. The van der Waals surface area contributed by atoms with E-state index in [1.807, 2.05) is 0 Å². The zero-order valence-corrected chi connectivity index (χ0v) is 13.5. The summed E-state index contributed by atoms with van der Waals surface area (Å²) in [4.78, 5) is 15.1. The van der Waals surface area contributed by atoms with Crippen molar-refractivity contribution in [3.8, 4) is 0 Å². The van der Waals surface area contributed by atoms with Crippen molar-refractivity contribution in [3.05, 3.63) is 35.4 Å². The second kappa shape index (κ2) is 5.13. The van der Waals surface area contributed by atoms with Gasteiger partial charge in [0.15, 0.2) is 0 Å². The highest BCUT2D eigenvalue weighted by atomic mass is 16.2. The highest BCUT2D eigenvalue weighted by molar-refractivity contribution is 5.92. The predicted octanol–water partition coefficient (Wildman–Crippen LogP) is 3.39. The summed E-state index contributed by atoms with van der Waals surface area (Å²) in [7, 11) is 0. The lowest BCUT2D eigenvalue weighted by molar-refractivity contribution is -0.134. The SMILES string of the molecule is CCC(C(C)C)N1C(=O)C2(CC2)NC1c1cccc(C)c1. The Labute approximate surface area is 127 Å². The third kappa shape index (κ3) is 2.38. The van der Waals surface area contributed by atoms with E-state index in [-0.39, 0.29) is 11.7 Å². The third-order valence-electron chi connectivity index (χ3n) is 4.99. The van der Waals surface area contributed by atoms with Gasteiger partial charge in [-0.05, 0) is 37.7 Å². The molecule has 3 heteroatoms. The van der Waals surface area contributed by atoms with Gasteiger partial charge in [0.25, 0.3) is 0 Å². The minimum atomic E-state index is -0.253. The van der Waals surface area contributed by atoms with Gasteiger partial charge in [-0.1, -0.05) is 50.6 Å². The van der Waals surface area contributed by atoms with Crippen molar-refractivity contribution in [1.82, 2.24) is 10.2 Å². The fraction of sp³-hybridized carbons (Fsp3) is 0.611. The van der Waals surface area contributed by atoms with Crippen LogP contribution in [-0.2, 0) is 4.79 Å². The molecular weight excluding hydrogens is 260 g/mol. The van der Waals surface area contributed by atoms with Gasteiger partial charge in [0.05, 0.1) is 0 Å². The van der Waals surface area contributed by atoms with Gasteiger partial charge in [0.1, 0.15) is 11.7 Å². The summed E-state index contributed by atoms with van der Waals surface area (Å²) < 4.78 is 0. The van der Waals surface area contributed by atoms with E-state index in [0.29, 0.717) is 17.9 Å². The van der Waals surface area contributed by atoms with Crippen molar-refractivity contribution >= 4 is 5.91 Å². The molecule has 1 aromatic carbocycles. The number of hydrogen-bond donors (Lipinski definition) is 1. The van der Waals surface area contributed by atoms with Gasteiger partial charge >= 0.3 is 0 Å². The standard InChI is InChI=1S/C18H26N2O/c1-5-15(12(2)3)20-16(14-8-6-7-13(4)11-14)19-18(9-10-18)17(20)21/h6-8,11-12,15-16,19H,5,9-10H2,1-4H3. The Morgan fingerprint density at radius 2 is 2.10 bits per heavy atom. The second-order valence-corrected chi connectivity index (χ2v) is 6.98. The Morgan fingerprint density at radius 3 is 2.62 bits per heavy atom. The number of aryl methyl sites for hydroxylation is 1. The average molecular weight is 286 g/mol. The number of nitrogens with one attached hydrogen (secondary N) is 1. The highest BCUT2D eigenvalue weighted by Crippen LogP contribution is 2.47. The van der Waals surface area contributed by atoms with Crippen LogP contribution in [0.15, 0.2) is 24.3 Å². The minimum Gasteiger partial charge on any atom is -0.318 e. The zero-order valence-electron chi connectivity index (χ0n) is 13.5. The van der Waals surface area contributed by atoms with Crippen molar-refractivity contribution in [3.63, 3.8) is 0 Å². The summed E-state index contributed by atoms with van der Waals surface area (Å²) in [6, 6.07) is 8.84. The third-order valence-corrected chi connectivity index (χ3v) is 4.99. The lowest BCUT2D eigenvalue weighted by Crippen LogP contribution is -2.43. The summed E-state index contributed by atoms with van der Waals surface area (Å²) in [5, 5.41) is 3.63. The summed E-state index contributed by atoms with van der Waals surface area (Å²) in [5.41, 5.74) is 2.21. The molecule has 2 atom stereocenters. The van der Waals surface area contributed by atoms with E-state index in [2.05, 4.69) is 62.2 Å². The van der Waals surface area contributed by atoms with E-state index in [1.165, 1.54) is 11.1 Å². The van der Waals surface area contributed by atoms with Crippen LogP contribution in [0.3, 0.4) is 0 Å². The smallest absolute Gasteiger partial charge is 0.244 e. The number of amides is 1. The van der Waals surface area contributed by atoms with Gasteiger partial charge in [-0.25, -0.2) is 0 Å². The number of carbonyl (C=O) groups is 1. The van der Waals surface area contributed by atoms with Crippen LogP contribution in [0, 0.1) is 12.8 Å². The molecule has 1 spiro atoms. The molecule has 1 aliphatic heterocycles. The summed E-state index contributed by atoms with van der Waals surface area (Å²) >= 11 is 0. The van der Waals surface area contributed by atoms with Crippen LogP contribution in [0.2, 0.25) is 0 Å². The van der Waals surface area contributed by atoms with Crippen LogP contribution in [0.5, 0.6) is 0 Å². The van der Waals surface area contributed by atoms with Crippen LogP contribution in [0.25, 0.3) is 0 Å². The van der Waals surface area contributed by atoms with Gasteiger partial charge in [0.2, 0.25) is 5.91 Å². The molecule has 114 valence electrons. The van der Waals surface area contributed by atoms with Crippen LogP contribution >= 0.6 is 0 Å². The lowest BCUT2D eigenvalue weighted by Gasteiger charge is -2.35. The highest BCUT2D eigenvalue weighted by Gasteiger charge is 2.60. The summed E-state index contributed by atoms with van der Waals surface area (Å²) in [5.74, 6) is 0.788. The molecule has 21 heavy (non-hydrogen) atoms. The molecule has 2 aliphatic rings. The Balaban J connectivity index is 1.98. The Hall–Kier alpha value is -1.35. The molecule has 1 N–H and O–H groups in total. The van der Waals surface area contributed by atoms with Crippen LogP contribution in [-0.4, -0.2) is 22.4 Å². The molecule has 3 nitrogen and oxygen atoms in total. The number of benzene rings is 1. The molecule has 1 amide bonds. The Morgan fingerprint density at radius 1 is 1.38 bits per heavy atom. The molecule has 2 fully saturated rings. The van der Waals surface area contributed by atoms with Crippen molar-refractivity contribution in [1.29, 1.82) is 0 Å². The van der Waals surface area contributed by atoms with Crippen LogP contribution in [0.1, 0.15) is 57.3 Å². The van der Waals surface area contributed by atoms with Crippen molar-refractivity contribution < 1.29 is 4.79 Å². The van der Waals surface area contributed by atoms with Gasteiger partial charge < -0.3 is 4.90 Å². The van der Waals surface area contributed by atoms with Crippen LogP contribution in [0.4, 0.5) is 0 Å². The first-order valence-electron chi connectivity index (χ1n) is 8.15. The molecule has 1 aliphatic carbocycles. The lowest BCUT2D eigenvalue weighted by atomic mass is 9.98. The van der Waals surface area contributed by atoms with Gasteiger partial charge in [-0.15, -0.1) is 0 Å². The van der Waals surface area contributed by atoms with Crippen molar-refractivity contribution in [2.75, 3.05) is 0 Å². The number of rotatable bonds is 4. The van der Waals surface area contributed by atoms with E-state index in [1.54, 1.807) is 0 Å². The minimum absolute atomic E-state index is 0.0345. The molecule has 1 aromatic rings. The van der Waals surface area contributed by atoms with E-state index >= 15 is 0 Å². The quantitative estimate of drug-likeness (QED) is 0.920. The van der Waals surface area contributed by atoms with E-state index in [0.717, 1.165) is 19.3 Å². The fourth-order valence-electron chi connectivity index (χ4n) is 3.66. The first-order chi connectivity index (χ1) is 9.98. The molecule has 1 heterocycles. The van der Waals surface area contributed by atoms with Gasteiger partial charge in [0, 0.05) is 6.04 Å². The maximum absolute atomic E-state index is 12.9. The predicted molar refractivity (Wildman–Crippen MR) is 84.8 cm³/mol. The first-order valence-corrected chi connectivity index (χ1v) is 8.15. The first kappa shape index (κ1) is 14.6. The molecule has 3 rings (SSSR count). The van der Waals surface area contributed by atoms with E-state index in [4.69, 9.17) is 0 Å². The van der Waals surface area contributed by atoms with Gasteiger partial charge in [-0.3, -0.25) is 10.1 Å². The van der Waals surface area contributed by atoms with Gasteiger partial charge in [-0.2, -0.15) is 0 Å². The molecule has 2 unspecified atom stereocenters. The van der Waals surface area contributed by atoms with Crippen LogP contribution < -0.4 is 5.32 Å². The Kier molecular flexibility index (Phi) is 3.56. The number of carbonyl (C=O) groups excluding carboxylic acids is 1. The summed E-state index contributed by atoms with van der Waals surface area (Å²) in [6.45, 7) is 8.72. The maximum atomic E-state index is 12.9. The largest absolute Gasteiger partial charge is 0.318 e. The van der Waals surface area contributed by atoms with E-state index < -0.39 is 0 Å². The molecule has 0 radical (unpaired) electrons. The number of nitrogens with zero attached hydrogens (tertiary/aromatic N) is 1. The summed E-state index contributed by atoms with van der Waals surface area (Å²) in [6.07, 6.45) is 3.01. The van der Waals surface area contributed by atoms with Crippen molar-refractivity contribution in [2.45, 2.75) is 64.7 Å². The number of hydrogen-bond acceptors (Lipinski definition) is 2. The molecule has 0 bridgehead atoms. The van der Waals surface area contributed by atoms with Crippen molar-refractivity contribution in [2.24, 2.45) is 5.92 Å². The fourth-order valence-corrected chi connectivity index (χ4v) is 3.66. The monoisotopic (exact) mass is 286 g/mol.